The molecule has 8 nitrogen and oxygen atoms in total. The Morgan fingerprint density at radius 2 is 1.78 bits per heavy atom. The lowest BCUT2D eigenvalue weighted by Gasteiger charge is -2.33. The minimum atomic E-state index is -0.715. The van der Waals surface area contributed by atoms with Crippen molar-refractivity contribution in [2.24, 2.45) is 0 Å². The van der Waals surface area contributed by atoms with E-state index < -0.39 is 6.04 Å². The van der Waals surface area contributed by atoms with Crippen LogP contribution in [-0.4, -0.2) is 91.1 Å². The highest BCUT2D eigenvalue weighted by Gasteiger charge is 2.44. The number of carbonyl (C=O) groups excluding carboxylic acids is 2. The number of ether oxygens (including phenoxy) is 1. The fourth-order valence-corrected chi connectivity index (χ4v) is 5.37. The topological polar surface area (TPSA) is 68.4 Å². The van der Waals surface area contributed by atoms with Crippen LogP contribution in [0.15, 0.2) is 42.5 Å². The third-order valence-corrected chi connectivity index (χ3v) is 7.65. The molecule has 2 aromatic rings. The lowest BCUT2D eigenvalue weighted by Crippen LogP contribution is -2.45. The fraction of sp³-hybridized carbons (Fsp3) is 0.423. The van der Waals surface area contributed by atoms with Crippen LogP contribution in [0.5, 0.6) is 5.75 Å². The minimum Gasteiger partial charge on any atom is -0.495 e. The molecule has 2 heterocycles. The minimum absolute atomic E-state index is 0.0313. The molecule has 0 spiro atoms. The van der Waals surface area contributed by atoms with Crippen molar-refractivity contribution in [2.75, 3.05) is 63.6 Å². The van der Waals surface area contributed by atoms with Gasteiger partial charge in [-0.25, -0.2) is 0 Å². The van der Waals surface area contributed by atoms with Crippen molar-refractivity contribution in [1.29, 1.82) is 0 Å². The second kappa shape index (κ2) is 12.4. The molecule has 1 atom stereocenters. The van der Waals surface area contributed by atoms with E-state index >= 15 is 0 Å². The summed E-state index contributed by atoms with van der Waals surface area (Å²) in [5, 5.41) is 4.18. The maximum Gasteiger partial charge on any atom is 0.256 e. The molecule has 37 heavy (non-hydrogen) atoms. The second-order valence-electron chi connectivity index (χ2n) is 9.24. The zero-order valence-electron chi connectivity index (χ0n) is 21.0. The largest absolute Gasteiger partial charge is 0.495 e. The van der Waals surface area contributed by atoms with Gasteiger partial charge in [-0.3, -0.25) is 14.5 Å². The zero-order chi connectivity index (χ0) is 26.5. The molecular weight excluding hydrogens is 533 g/mol. The van der Waals surface area contributed by atoms with Gasteiger partial charge in [0.25, 0.3) is 5.91 Å². The van der Waals surface area contributed by atoms with Gasteiger partial charge in [-0.05, 0) is 74.7 Å². The maximum absolute atomic E-state index is 13.6. The normalized spacial score (nSPS) is 19.0. The highest BCUT2D eigenvalue weighted by Crippen LogP contribution is 2.33. The Morgan fingerprint density at radius 3 is 2.43 bits per heavy atom. The van der Waals surface area contributed by atoms with E-state index in [1.807, 2.05) is 4.90 Å². The number of benzene rings is 2. The van der Waals surface area contributed by atoms with E-state index in [0.717, 1.165) is 39.1 Å². The first-order chi connectivity index (χ1) is 17.8. The Morgan fingerprint density at radius 1 is 1.08 bits per heavy atom. The van der Waals surface area contributed by atoms with Crippen LogP contribution in [0.3, 0.4) is 0 Å². The molecule has 4 rings (SSSR count). The molecule has 1 N–H and O–H groups in total. The summed E-state index contributed by atoms with van der Waals surface area (Å²) in [5.74, 6) is -0.0230. The highest BCUT2D eigenvalue weighted by molar-refractivity contribution is 7.80. The maximum atomic E-state index is 13.6. The van der Waals surface area contributed by atoms with E-state index in [-0.39, 0.29) is 18.2 Å². The van der Waals surface area contributed by atoms with Crippen LogP contribution in [-0.2, 0) is 9.59 Å². The molecule has 2 fully saturated rings. The Bertz CT molecular complexity index is 1140. The third kappa shape index (κ3) is 6.72. The Balaban J connectivity index is 1.49. The lowest BCUT2D eigenvalue weighted by molar-refractivity contribution is -0.124. The molecule has 2 saturated heterocycles. The van der Waals surface area contributed by atoms with Gasteiger partial charge in [0.15, 0.2) is 5.11 Å². The number of nitrogens with zero attached hydrogens (tertiary/aromatic N) is 4. The quantitative estimate of drug-likeness (QED) is 0.463. The summed E-state index contributed by atoms with van der Waals surface area (Å²) in [6.45, 7) is 5.59. The van der Waals surface area contributed by atoms with Crippen molar-refractivity contribution < 1.29 is 14.3 Å². The van der Waals surface area contributed by atoms with E-state index in [2.05, 4.69) is 22.2 Å². The van der Waals surface area contributed by atoms with Crippen LogP contribution in [0.4, 0.5) is 11.4 Å². The number of methoxy groups -OCH3 is 1. The van der Waals surface area contributed by atoms with E-state index in [9.17, 15) is 9.59 Å². The van der Waals surface area contributed by atoms with Gasteiger partial charge < -0.3 is 24.8 Å². The number of halogens is 2. The zero-order valence-corrected chi connectivity index (χ0v) is 23.3. The molecule has 2 aliphatic rings. The van der Waals surface area contributed by atoms with Crippen LogP contribution in [0.2, 0.25) is 10.0 Å². The molecule has 0 radical (unpaired) electrons. The van der Waals surface area contributed by atoms with Gasteiger partial charge in [0.2, 0.25) is 5.91 Å². The second-order valence-corrected chi connectivity index (χ2v) is 10.5. The fourth-order valence-electron chi connectivity index (χ4n) is 4.58. The van der Waals surface area contributed by atoms with Gasteiger partial charge in [0.05, 0.1) is 24.2 Å². The molecule has 0 aliphatic carbocycles. The molecule has 0 saturated carbocycles. The summed E-state index contributed by atoms with van der Waals surface area (Å²) in [5.41, 5.74) is 1.16. The summed E-state index contributed by atoms with van der Waals surface area (Å²) in [4.78, 5) is 34.7. The molecule has 0 bridgehead atoms. The molecule has 198 valence electrons. The molecule has 2 aromatic carbocycles. The Kier molecular flexibility index (Phi) is 9.26. The number of piperazine rings is 1. The van der Waals surface area contributed by atoms with Gasteiger partial charge in [-0.15, -0.1) is 0 Å². The van der Waals surface area contributed by atoms with Crippen LogP contribution in [0.1, 0.15) is 12.8 Å². The summed E-state index contributed by atoms with van der Waals surface area (Å²) in [6.07, 6.45) is 0.792. The lowest BCUT2D eigenvalue weighted by atomic mass is 10.1. The molecule has 0 aromatic heterocycles. The number of anilines is 2. The first-order valence-electron chi connectivity index (χ1n) is 12.2. The number of nitrogens with one attached hydrogen (secondary N) is 1. The predicted molar refractivity (Wildman–Crippen MR) is 152 cm³/mol. The number of hydrogen-bond acceptors (Lipinski definition) is 6. The SMILES string of the molecule is COc1ccc(N2C(=O)C(CC(=O)Nc3ccc(Cl)cc3)N(CCCN3CCN(C)CC3)C2=S)cc1Cl. The third-order valence-electron chi connectivity index (χ3n) is 6.69. The van der Waals surface area contributed by atoms with Gasteiger partial charge in [0, 0.05) is 43.4 Å². The number of carbonyl (C=O) groups is 2. The predicted octanol–water partition coefficient (Wildman–Crippen LogP) is 3.97. The van der Waals surface area contributed by atoms with E-state index in [0.29, 0.717) is 38.8 Å². The smallest absolute Gasteiger partial charge is 0.256 e. The monoisotopic (exact) mass is 563 g/mol. The molecular formula is C26H31Cl2N5O3S. The van der Waals surface area contributed by atoms with Gasteiger partial charge >= 0.3 is 0 Å². The van der Waals surface area contributed by atoms with Gasteiger partial charge in [-0.1, -0.05) is 23.2 Å². The number of hydrogen-bond donors (Lipinski definition) is 1. The van der Waals surface area contributed by atoms with Crippen molar-refractivity contribution in [3.05, 3.63) is 52.5 Å². The van der Waals surface area contributed by atoms with Crippen molar-refractivity contribution in [3.63, 3.8) is 0 Å². The van der Waals surface area contributed by atoms with Crippen molar-refractivity contribution in [1.82, 2.24) is 14.7 Å². The van der Waals surface area contributed by atoms with E-state index in [4.69, 9.17) is 40.2 Å². The Hall–Kier alpha value is -2.43. The van der Waals surface area contributed by atoms with Crippen molar-refractivity contribution in [3.8, 4) is 5.75 Å². The summed E-state index contributed by atoms with van der Waals surface area (Å²) in [6, 6.07) is 11.2. The number of likely N-dealkylation sites (N-methyl/N-ethyl adjacent to an activating group) is 1. The van der Waals surface area contributed by atoms with Crippen molar-refractivity contribution >= 4 is 63.7 Å². The highest BCUT2D eigenvalue weighted by atomic mass is 35.5. The summed E-state index contributed by atoms with van der Waals surface area (Å²) < 4.78 is 5.24. The van der Waals surface area contributed by atoms with E-state index in [1.165, 1.54) is 12.0 Å². The van der Waals surface area contributed by atoms with Crippen LogP contribution in [0, 0.1) is 0 Å². The van der Waals surface area contributed by atoms with Crippen LogP contribution < -0.4 is 15.0 Å². The number of amides is 2. The Labute approximate surface area is 233 Å². The standard InChI is InChI=1S/C26H31Cl2N5O3S/c1-30-12-14-31(15-13-30)10-3-11-32-22(17-24(34)29-19-6-4-18(27)5-7-19)25(35)33(26(32)37)20-8-9-23(36-2)21(28)16-20/h4-9,16,22H,3,10-15,17H2,1-2H3,(H,29,34). The van der Waals surface area contributed by atoms with Gasteiger partial charge in [0.1, 0.15) is 11.8 Å². The summed E-state index contributed by atoms with van der Waals surface area (Å²) >= 11 is 18.1. The number of rotatable bonds is 9. The molecule has 2 amide bonds. The molecule has 11 heteroatoms. The molecule has 2 aliphatic heterocycles. The van der Waals surface area contributed by atoms with Crippen LogP contribution >= 0.6 is 35.4 Å². The first-order valence-corrected chi connectivity index (χ1v) is 13.4. The van der Waals surface area contributed by atoms with Gasteiger partial charge in [-0.2, -0.15) is 0 Å². The molecule has 1 unspecified atom stereocenters. The van der Waals surface area contributed by atoms with Crippen LogP contribution in [0.25, 0.3) is 0 Å². The summed E-state index contributed by atoms with van der Waals surface area (Å²) in [7, 11) is 3.66. The first kappa shape index (κ1) is 27.6. The average Bonchev–Trinajstić information content (AvgIpc) is 3.10. The number of thiocarbonyl (C=S) groups is 1. The average molecular weight is 565 g/mol. The van der Waals surface area contributed by atoms with E-state index in [1.54, 1.807) is 42.5 Å². The van der Waals surface area contributed by atoms with Crippen molar-refractivity contribution in [2.45, 2.75) is 18.9 Å².